The molecule has 1 aliphatic carbocycles. The Bertz CT molecular complexity index is 426. The molecule has 2 heterocycles. The Morgan fingerprint density at radius 3 is 2.90 bits per heavy atom. The van der Waals surface area contributed by atoms with Crippen molar-refractivity contribution in [2.75, 3.05) is 18.8 Å². The fourth-order valence-corrected chi connectivity index (χ4v) is 4.49. The van der Waals surface area contributed by atoms with Crippen LogP contribution in [-0.2, 0) is 4.79 Å². The van der Waals surface area contributed by atoms with Crippen LogP contribution in [0.2, 0.25) is 0 Å². The zero-order valence-corrected chi connectivity index (χ0v) is 12.7. The van der Waals surface area contributed by atoms with Gasteiger partial charge in [0.15, 0.2) is 0 Å². The van der Waals surface area contributed by atoms with Gasteiger partial charge in [-0.25, -0.2) is 0 Å². The molecule has 2 aliphatic rings. The number of hydrogen-bond donors (Lipinski definition) is 0. The summed E-state index contributed by atoms with van der Waals surface area (Å²) < 4.78 is 5.51. The van der Waals surface area contributed by atoms with E-state index in [-0.39, 0.29) is 0 Å². The summed E-state index contributed by atoms with van der Waals surface area (Å²) in [5.41, 5.74) is 0. The molecule has 1 atom stereocenters. The Morgan fingerprint density at radius 1 is 1.30 bits per heavy atom. The number of carbonyl (C=O) groups excluding carboxylic acids is 1. The van der Waals surface area contributed by atoms with Crippen molar-refractivity contribution in [1.82, 2.24) is 4.90 Å². The van der Waals surface area contributed by atoms with Gasteiger partial charge in [0, 0.05) is 25.3 Å². The molecule has 0 bridgehead atoms. The second-order valence-corrected chi connectivity index (χ2v) is 7.21. The smallest absolute Gasteiger partial charge is 0.222 e. The maximum atomic E-state index is 12.4. The SMILES string of the molecule is O=C(CC1CCCC1)N1CCS[C@H](c2ccco2)CC1. The van der Waals surface area contributed by atoms with E-state index >= 15 is 0 Å². The molecule has 3 nitrogen and oxygen atoms in total. The molecule has 0 N–H and O–H groups in total. The normalized spacial score (nSPS) is 24.8. The molecule has 1 aromatic heterocycles. The van der Waals surface area contributed by atoms with E-state index in [0.717, 1.165) is 37.4 Å². The van der Waals surface area contributed by atoms with Gasteiger partial charge in [-0.2, -0.15) is 0 Å². The van der Waals surface area contributed by atoms with Crippen molar-refractivity contribution in [3.05, 3.63) is 24.2 Å². The predicted molar refractivity (Wildman–Crippen MR) is 81.7 cm³/mol. The minimum absolute atomic E-state index is 0.373. The van der Waals surface area contributed by atoms with Gasteiger partial charge in [0.05, 0.1) is 11.5 Å². The molecule has 2 fully saturated rings. The van der Waals surface area contributed by atoms with Gasteiger partial charge in [-0.15, -0.1) is 11.8 Å². The van der Waals surface area contributed by atoms with E-state index in [9.17, 15) is 4.79 Å². The molecule has 0 spiro atoms. The van der Waals surface area contributed by atoms with Crippen LogP contribution < -0.4 is 0 Å². The molecule has 1 amide bonds. The van der Waals surface area contributed by atoms with E-state index in [1.807, 2.05) is 23.9 Å². The number of nitrogens with zero attached hydrogens (tertiary/aromatic N) is 1. The van der Waals surface area contributed by atoms with Crippen molar-refractivity contribution in [2.24, 2.45) is 5.92 Å². The maximum Gasteiger partial charge on any atom is 0.222 e. The third kappa shape index (κ3) is 3.40. The average molecular weight is 293 g/mol. The molecule has 1 saturated heterocycles. The summed E-state index contributed by atoms with van der Waals surface area (Å²) in [5, 5.41) is 0.411. The van der Waals surface area contributed by atoms with Gasteiger partial charge in [-0.1, -0.05) is 12.8 Å². The summed E-state index contributed by atoms with van der Waals surface area (Å²) in [6.07, 6.45) is 8.66. The first-order valence-electron chi connectivity index (χ1n) is 7.75. The lowest BCUT2D eigenvalue weighted by atomic mass is 10.0. The van der Waals surface area contributed by atoms with Crippen LogP contribution in [-0.4, -0.2) is 29.6 Å². The predicted octanol–water partition coefficient (Wildman–Crippen LogP) is 3.87. The fourth-order valence-electron chi connectivity index (χ4n) is 3.31. The summed E-state index contributed by atoms with van der Waals surface area (Å²) in [5.74, 6) is 3.10. The minimum atomic E-state index is 0.373. The molecule has 0 aromatic carbocycles. The van der Waals surface area contributed by atoms with Crippen LogP contribution in [0.4, 0.5) is 0 Å². The van der Waals surface area contributed by atoms with Crippen molar-refractivity contribution in [3.63, 3.8) is 0 Å². The Kier molecular flexibility index (Phi) is 4.71. The number of rotatable bonds is 3. The highest BCUT2D eigenvalue weighted by Gasteiger charge is 2.26. The monoisotopic (exact) mass is 293 g/mol. The van der Waals surface area contributed by atoms with Gasteiger partial charge < -0.3 is 9.32 Å². The molecule has 110 valence electrons. The van der Waals surface area contributed by atoms with Crippen molar-refractivity contribution in [3.8, 4) is 0 Å². The lowest BCUT2D eigenvalue weighted by molar-refractivity contribution is -0.131. The Balaban J connectivity index is 1.52. The lowest BCUT2D eigenvalue weighted by Crippen LogP contribution is -2.33. The molecule has 1 aromatic rings. The van der Waals surface area contributed by atoms with Crippen molar-refractivity contribution in [1.29, 1.82) is 0 Å². The van der Waals surface area contributed by atoms with E-state index in [2.05, 4.69) is 4.90 Å². The molecular weight excluding hydrogens is 270 g/mol. The van der Waals surface area contributed by atoms with Crippen LogP contribution >= 0.6 is 11.8 Å². The number of thioether (sulfide) groups is 1. The number of carbonyl (C=O) groups is 1. The topological polar surface area (TPSA) is 33.5 Å². The van der Waals surface area contributed by atoms with Crippen LogP contribution in [0.1, 0.15) is 49.5 Å². The molecule has 3 rings (SSSR count). The standard InChI is InChI=1S/C16H23NO2S/c18-16(12-13-4-1-2-5-13)17-8-7-15(20-11-9-17)14-6-3-10-19-14/h3,6,10,13,15H,1-2,4-5,7-9,11-12H2/t15-/m0/s1. The molecule has 1 aliphatic heterocycles. The van der Waals surface area contributed by atoms with Crippen LogP contribution in [0.15, 0.2) is 22.8 Å². The van der Waals surface area contributed by atoms with E-state index in [0.29, 0.717) is 17.1 Å². The highest BCUT2D eigenvalue weighted by molar-refractivity contribution is 7.99. The van der Waals surface area contributed by atoms with E-state index in [4.69, 9.17) is 4.42 Å². The Hall–Kier alpha value is -0.900. The second-order valence-electron chi connectivity index (χ2n) is 5.90. The first kappa shape index (κ1) is 14.1. The van der Waals surface area contributed by atoms with Crippen LogP contribution in [0.5, 0.6) is 0 Å². The fraction of sp³-hybridized carbons (Fsp3) is 0.688. The summed E-state index contributed by atoms with van der Waals surface area (Å²) in [6, 6.07) is 4.00. The highest BCUT2D eigenvalue weighted by Crippen LogP contribution is 2.35. The molecular formula is C16H23NO2S. The van der Waals surface area contributed by atoms with Gasteiger partial charge in [0.25, 0.3) is 0 Å². The number of furan rings is 1. The average Bonchev–Trinajstić information content (AvgIpc) is 3.09. The molecule has 1 saturated carbocycles. The van der Waals surface area contributed by atoms with Gasteiger partial charge in [0.2, 0.25) is 5.91 Å². The maximum absolute atomic E-state index is 12.4. The van der Waals surface area contributed by atoms with Crippen LogP contribution in [0.25, 0.3) is 0 Å². The quantitative estimate of drug-likeness (QED) is 0.848. The summed E-state index contributed by atoms with van der Waals surface area (Å²) in [4.78, 5) is 14.5. The van der Waals surface area contributed by atoms with Crippen LogP contribution in [0, 0.1) is 5.92 Å². The summed E-state index contributed by atoms with van der Waals surface area (Å²) in [7, 11) is 0. The van der Waals surface area contributed by atoms with Gasteiger partial charge in [0.1, 0.15) is 5.76 Å². The third-order valence-electron chi connectivity index (χ3n) is 4.49. The Morgan fingerprint density at radius 2 is 2.15 bits per heavy atom. The van der Waals surface area contributed by atoms with E-state index in [1.165, 1.54) is 25.7 Å². The highest BCUT2D eigenvalue weighted by atomic mass is 32.2. The number of amides is 1. The van der Waals surface area contributed by atoms with Crippen molar-refractivity contribution < 1.29 is 9.21 Å². The minimum Gasteiger partial charge on any atom is -0.468 e. The largest absolute Gasteiger partial charge is 0.468 e. The first-order valence-corrected chi connectivity index (χ1v) is 8.80. The van der Waals surface area contributed by atoms with Gasteiger partial charge in [-0.3, -0.25) is 4.79 Å². The lowest BCUT2D eigenvalue weighted by Gasteiger charge is -2.22. The van der Waals surface area contributed by atoms with Crippen LogP contribution in [0.3, 0.4) is 0 Å². The van der Waals surface area contributed by atoms with E-state index < -0.39 is 0 Å². The summed E-state index contributed by atoms with van der Waals surface area (Å²) in [6.45, 7) is 1.78. The molecule has 0 unspecified atom stereocenters. The molecule has 4 heteroatoms. The van der Waals surface area contributed by atoms with Crippen molar-refractivity contribution in [2.45, 2.75) is 43.8 Å². The third-order valence-corrected chi connectivity index (χ3v) is 5.78. The zero-order chi connectivity index (χ0) is 13.8. The van der Waals surface area contributed by atoms with Gasteiger partial charge >= 0.3 is 0 Å². The first-order chi connectivity index (χ1) is 9.83. The van der Waals surface area contributed by atoms with Gasteiger partial charge in [-0.05, 0) is 37.3 Å². The van der Waals surface area contributed by atoms with Crippen molar-refractivity contribution >= 4 is 17.7 Å². The number of hydrogen-bond acceptors (Lipinski definition) is 3. The summed E-state index contributed by atoms with van der Waals surface area (Å²) >= 11 is 1.92. The van der Waals surface area contributed by atoms with E-state index in [1.54, 1.807) is 6.26 Å². The zero-order valence-electron chi connectivity index (χ0n) is 11.9. The Labute approximate surface area is 125 Å². The molecule has 20 heavy (non-hydrogen) atoms. The second kappa shape index (κ2) is 6.70. The molecule has 0 radical (unpaired) electrons.